The Morgan fingerprint density at radius 3 is 2.08 bits per heavy atom. The molecule has 37 heavy (non-hydrogen) atoms. The fourth-order valence-corrected chi connectivity index (χ4v) is 5.59. The molecule has 0 radical (unpaired) electrons. The van der Waals surface area contributed by atoms with Crippen LogP contribution in [0.15, 0.2) is 77.7 Å². The van der Waals surface area contributed by atoms with E-state index in [9.17, 15) is 18.0 Å². The molecule has 1 atom stereocenters. The second-order valence-electron chi connectivity index (χ2n) is 8.03. The highest BCUT2D eigenvalue weighted by molar-refractivity contribution is 7.92. The fraction of sp³-hybridized carbons (Fsp3) is 0.231. The van der Waals surface area contributed by atoms with Crippen molar-refractivity contribution >= 4 is 50.7 Å². The smallest absolute Gasteiger partial charge is 0.264 e. The van der Waals surface area contributed by atoms with E-state index in [1.54, 1.807) is 67.6 Å². The van der Waals surface area contributed by atoms with Gasteiger partial charge >= 0.3 is 0 Å². The molecule has 0 saturated heterocycles. The van der Waals surface area contributed by atoms with Gasteiger partial charge in [0.15, 0.2) is 0 Å². The first-order valence-electron chi connectivity index (χ1n) is 11.3. The maximum atomic E-state index is 13.7. The van der Waals surface area contributed by atoms with E-state index < -0.39 is 34.4 Å². The second kappa shape index (κ2) is 12.3. The molecule has 0 unspecified atom stereocenters. The van der Waals surface area contributed by atoms with E-state index in [1.807, 2.05) is 0 Å². The predicted octanol–water partition coefficient (Wildman–Crippen LogP) is 4.36. The molecule has 3 rings (SSSR count). The average Bonchev–Trinajstić information content (AvgIpc) is 2.91. The molecule has 0 fully saturated rings. The molecule has 0 aliphatic rings. The second-order valence-corrected chi connectivity index (χ2v) is 10.7. The third kappa shape index (κ3) is 6.54. The molecule has 8 nitrogen and oxygen atoms in total. The van der Waals surface area contributed by atoms with Crippen LogP contribution in [0, 0.1) is 0 Å². The first kappa shape index (κ1) is 28.3. The summed E-state index contributed by atoms with van der Waals surface area (Å²) in [7, 11) is -1.20. The molecule has 3 aromatic carbocycles. The van der Waals surface area contributed by atoms with Crippen molar-refractivity contribution in [1.29, 1.82) is 0 Å². The molecule has 0 heterocycles. The fourth-order valence-electron chi connectivity index (χ4n) is 3.64. The maximum absolute atomic E-state index is 13.7. The number of sulfonamides is 1. The number of methoxy groups -OCH3 is 1. The van der Waals surface area contributed by atoms with Gasteiger partial charge < -0.3 is 15.0 Å². The summed E-state index contributed by atoms with van der Waals surface area (Å²) in [6, 6.07) is 18.1. The van der Waals surface area contributed by atoms with Gasteiger partial charge in [-0.05, 0) is 55.5 Å². The number of anilines is 1. The highest BCUT2D eigenvalue weighted by Crippen LogP contribution is 2.29. The van der Waals surface area contributed by atoms with Crippen LogP contribution in [-0.2, 0) is 26.2 Å². The number of likely N-dealkylation sites (N-methyl/N-ethyl adjacent to an activating group) is 1. The Bertz CT molecular complexity index is 1330. The largest absolute Gasteiger partial charge is 0.497 e. The summed E-state index contributed by atoms with van der Waals surface area (Å²) in [5.74, 6) is -0.531. The van der Waals surface area contributed by atoms with E-state index in [0.29, 0.717) is 21.4 Å². The van der Waals surface area contributed by atoms with Crippen molar-refractivity contribution in [2.75, 3.05) is 25.0 Å². The van der Waals surface area contributed by atoms with Crippen molar-refractivity contribution in [3.8, 4) is 5.75 Å². The van der Waals surface area contributed by atoms with E-state index in [1.165, 1.54) is 31.2 Å². The molecule has 11 heteroatoms. The van der Waals surface area contributed by atoms with Gasteiger partial charge in [0.05, 0.1) is 17.7 Å². The van der Waals surface area contributed by atoms with Gasteiger partial charge in [0, 0.05) is 29.2 Å². The number of nitrogens with zero attached hydrogens (tertiary/aromatic N) is 2. The number of ether oxygens (including phenoxy) is 1. The van der Waals surface area contributed by atoms with Gasteiger partial charge in [-0.3, -0.25) is 13.9 Å². The molecule has 3 aromatic rings. The Kier molecular flexibility index (Phi) is 9.42. The summed E-state index contributed by atoms with van der Waals surface area (Å²) in [4.78, 5) is 27.6. The Balaban J connectivity index is 2.05. The Hall–Kier alpha value is -3.27. The zero-order valence-electron chi connectivity index (χ0n) is 20.5. The van der Waals surface area contributed by atoms with Crippen molar-refractivity contribution < 1.29 is 22.7 Å². The van der Waals surface area contributed by atoms with Gasteiger partial charge in [-0.1, -0.05) is 47.5 Å². The topological polar surface area (TPSA) is 96.0 Å². The molecule has 196 valence electrons. The summed E-state index contributed by atoms with van der Waals surface area (Å²) in [5.41, 5.74) is 0.693. The summed E-state index contributed by atoms with van der Waals surface area (Å²) in [5, 5.41) is 3.16. The SMILES string of the molecule is CNC(=O)[C@@H](C)N(Cc1c(Cl)cccc1Cl)C(=O)CN(c1ccc(OC)cc1)S(=O)(=O)c1ccccc1. The van der Waals surface area contributed by atoms with E-state index in [-0.39, 0.29) is 17.1 Å². The van der Waals surface area contributed by atoms with Crippen LogP contribution in [0.3, 0.4) is 0 Å². The van der Waals surface area contributed by atoms with Crippen molar-refractivity contribution in [3.63, 3.8) is 0 Å². The normalized spacial score (nSPS) is 11.9. The van der Waals surface area contributed by atoms with Gasteiger partial charge in [0.2, 0.25) is 11.8 Å². The predicted molar refractivity (Wildman–Crippen MR) is 145 cm³/mol. The third-order valence-electron chi connectivity index (χ3n) is 5.77. The first-order valence-corrected chi connectivity index (χ1v) is 13.5. The number of amides is 2. The minimum atomic E-state index is -4.15. The molecule has 0 spiro atoms. The highest BCUT2D eigenvalue weighted by Gasteiger charge is 2.32. The van der Waals surface area contributed by atoms with E-state index in [4.69, 9.17) is 27.9 Å². The van der Waals surface area contributed by atoms with Crippen LogP contribution in [-0.4, -0.2) is 51.9 Å². The molecular formula is C26H27Cl2N3O5S. The van der Waals surface area contributed by atoms with Crippen LogP contribution in [0.5, 0.6) is 5.75 Å². The van der Waals surface area contributed by atoms with Crippen LogP contribution in [0.2, 0.25) is 10.0 Å². The molecule has 0 aliphatic heterocycles. The highest BCUT2D eigenvalue weighted by atomic mass is 35.5. The van der Waals surface area contributed by atoms with E-state index >= 15 is 0 Å². The molecule has 0 aromatic heterocycles. The number of halogens is 2. The maximum Gasteiger partial charge on any atom is 0.264 e. The Morgan fingerprint density at radius 1 is 0.946 bits per heavy atom. The number of rotatable bonds is 10. The minimum Gasteiger partial charge on any atom is -0.497 e. The number of carbonyl (C=O) groups is 2. The van der Waals surface area contributed by atoms with Gasteiger partial charge in [-0.25, -0.2) is 8.42 Å². The van der Waals surface area contributed by atoms with E-state index in [2.05, 4.69) is 5.32 Å². The third-order valence-corrected chi connectivity index (χ3v) is 8.27. The average molecular weight is 564 g/mol. The molecule has 1 N–H and O–H groups in total. The van der Waals surface area contributed by atoms with Crippen molar-refractivity contribution in [2.45, 2.75) is 24.4 Å². The summed E-state index contributed by atoms with van der Waals surface area (Å²) >= 11 is 12.7. The monoisotopic (exact) mass is 563 g/mol. The Morgan fingerprint density at radius 2 is 1.54 bits per heavy atom. The molecule has 2 amide bonds. The van der Waals surface area contributed by atoms with Gasteiger partial charge in [-0.15, -0.1) is 0 Å². The Labute approximate surface area is 226 Å². The number of carbonyl (C=O) groups excluding carboxylic acids is 2. The van der Waals surface area contributed by atoms with Crippen LogP contribution in [0.25, 0.3) is 0 Å². The van der Waals surface area contributed by atoms with Crippen molar-refractivity contribution in [3.05, 3.63) is 88.4 Å². The van der Waals surface area contributed by atoms with Crippen molar-refractivity contribution in [2.24, 2.45) is 0 Å². The standard InChI is InChI=1S/C26H27Cl2N3O5S/c1-18(26(33)29-2)30(16-22-23(27)10-7-11-24(22)28)25(32)17-31(19-12-14-20(36-3)15-13-19)37(34,35)21-8-5-4-6-9-21/h4-15,18H,16-17H2,1-3H3,(H,29,33)/t18-/m1/s1. The number of hydrogen-bond donors (Lipinski definition) is 1. The number of benzene rings is 3. The molecule has 0 saturated carbocycles. The number of hydrogen-bond acceptors (Lipinski definition) is 5. The van der Waals surface area contributed by atoms with Gasteiger partial charge in [-0.2, -0.15) is 0 Å². The quantitative estimate of drug-likeness (QED) is 0.395. The van der Waals surface area contributed by atoms with Crippen LogP contribution in [0.1, 0.15) is 12.5 Å². The van der Waals surface area contributed by atoms with E-state index in [0.717, 1.165) is 4.31 Å². The minimum absolute atomic E-state index is 0.0127. The summed E-state index contributed by atoms with van der Waals surface area (Å²) in [6.45, 7) is 0.867. The first-order chi connectivity index (χ1) is 17.6. The molecule has 0 aliphatic carbocycles. The molecule has 0 bridgehead atoms. The lowest BCUT2D eigenvalue weighted by molar-refractivity contribution is -0.139. The van der Waals surface area contributed by atoms with Crippen LogP contribution in [0.4, 0.5) is 5.69 Å². The lowest BCUT2D eigenvalue weighted by Gasteiger charge is -2.32. The van der Waals surface area contributed by atoms with Crippen LogP contribution >= 0.6 is 23.2 Å². The van der Waals surface area contributed by atoms with Crippen LogP contribution < -0.4 is 14.4 Å². The lowest BCUT2D eigenvalue weighted by atomic mass is 10.1. The summed E-state index contributed by atoms with van der Waals surface area (Å²) < 4.78 is 33.5. The zero-order chi connectivity index (χ0) is 27.2. The van der Waals surface area contributed by atoms with Gasteiger partial charge in [0.25, 0.3) is 10.0 Å². The van der Waals surface area contributed by atoms with Crippen molar-refractivity contribution in [1.82, 2.24) is 10.2 Å². The molecular weight excluding hydrogens is 537 g/mol. The number of nitrogens with one attached hydrogen (secondary N) is 1. The zero-order valence-corrected chi connectivity index (χ0v) is 22.8. The summed E-state index contributed by atoms with van der Waals surface area (Å²) in [6.07, 6.45) is 0. The van der Waals surface area contributed by atoms with Gasteiger partial charge in [0.1, 0.15) is 18.3 Å². The lowest BCUT2D eigenvalue weighted by Crippen LogP contribution is -2.50.